The van der Waals surface area contributed by atoms with Gasteiger partial charge in [-0.3, -0.25) is 4.79 Å². The number of carboxylic acid groups (broad SMARTS) is 2. The number of aliphatic hydroxyl groups is 1. The number of ketones is 1. The summed E-state index contributed by atoms with van der Waals surface area (Å²) in [5.74, 6) is -5.35. The smallest absolute Gasteiger partial charge is 0.376 e. The van der Waals surface area contributed by atoms with Gasteiger partial charge in [0.15, 0.2) is 0 Å². The van der Waals surface area contributed by atoms with Gasteiger partial charge >= 0.3 is 11.9 Å². The molecule has 0 saturated carbocycles. The van der Waals surface area contributed by atoms with Gasteiger partial charge in [0.25, 0.3) is 15.8 Å². The molecule has 0 unspecified atom stereocenters. The Morgan fingerprint density at radius 2 is 1.59 bits per heavy atom. The van der Waals surface area contributed by atoms with Crippen molar-refractivity contribution in [1.29, 1.82) is 0 Å². The van der Waals surface area contributed by atoms with Crippen molar-refractivity contribution < 1.29 is 38.1 Å². The second-order valence-corrected chi connectivity index (χ2v) is 7.71. The molecule has 3 rings (SSSR count). The van der Waals surface area contributed by atoms with Crippen LogP contribution in [-0.2, 0) is 19.6 Å². The Balaban J connectivity index is 2.32. The molecule has 0 aliphatic rings. The Morgan fingerprint density at radius 1 is 0.931 bits per heavy atom. The Labute approximate surface area is 163 Å². The molecule has 2 aromatic carbocycles. The van der Waals surface area contributed by atoms with Crippen LogP contribution in [0.5, 0.6) is 0 Å². The van der Waals surface area contributed by atoms with Crippen molar-refractivity contribution in [1.82, 2.24) is 3.97 Å². The van der Waals surface area contributed by atoms with Crippen LogP contribution < -0.4 is 0 Å². The highest BCUT2D eigenvalue weighted by Gasteiger charge is 2.24. The van der Waals surface area contributed by atoms with E-state index in [0.29, 0.717) is 6.08 Å². The highest BCUT2D eigenvalue weighted by Crippen LogP contribution is 2.30. The summed E-state index contributed by atoms with van der Waals surface area (Å²) in [7, 11) is -4.13. The van der Waals surface area contributed by atoms with Crippen LogP contribution in [-0.4, -0.2) is 45.4 Å². The van der Waals surface area contributed by atoms with Gasteiger partial charge in [0, 0.05) is 23.2 Å². The van der Waals surface area contributed by atoms with E-state index < -0.39 is 33.5 Å². The fraction of sp³-hybridized carbons (Fsp3) is 0. The summed E-state index contributed by atoms with van der Waals surface area (Å²) in [5.41, 5.74) is -0.361. The minimum atomic E-state index is -4.13. The number of rotatable bonds is 6. The highest BCUT2D eigenvalue weighted by molar-refractivity contribution is 7.90. The number of nitrogens with zero attached hydrogens (tertiary/aromatic N) is 1. The number of aliphatic hydroxyl groups excluding tert-OH is 1. The fourth-order valence-electron chi connectivity index (χ4n) is 2.71. The van der Waals surface area contributed by atoms with Gasteiger partial charge in [0.2, 0.25) is 0 Å². The van der Waals surface area contributed by atoms with Crippen LogP contribution in [0.1, 0.15) is 15.9 Å². The second kappa shape index (κ2) is 7.24. The summed E-state index contributed by atoms with van der Waals surface area (Å²) in [5, 5.41) is 28.2. The summed E-state index contributed by atoms with van der Waals surface area (Å²) in [4.78, 5) is 33.4. The Hall–Kier alpha value is -3.92. The van der Waals surface area contributed by atoms with Crippen LogP contribution in [0.4, 0.5) is 0 Å². The average Bonchev–Trinajstić information content (AvgIpc) is 3.08. The van der Waals surface area contributed by atoms with Crippen LogP contribution >= 0.6 is 0 Å². The highest BCUT2D eigenvalue weighted by atomic mass is 32.2. The Bertz CT molecular complexity index is 1290. The third-order valence-electron chi connectivity index (χ3n) is 4.07. The van der Waals surface area contributed by atoms with Crippen molar-refractivity contribution in [2.75, 3.05) is 0 Å². The zero-order valence-corrected chi connectivity index (χ0v) is 15.3. The van der Waals surface area contributed by atoms with Crippen LogP contribution in [0.2, 0.25) is 0 Å². The number of fused-ring (bicyclic) bond motifs is 1. The molecule has 0 aliphatic carbocycles. The summed E-state index contributed by atoms with van der Waals surface area (Å²) in [6.07, 6.45) is 1.42. The maximum Gasteiger partial charge on any atom is 0.376 e. The predicted octanol–water partition coefficient (Wildman–Crippen LogP) is 2.13. The molecule has 0 spiro atoms. The zero-order valence-electron chi connectivity index (χ0n) is 14.5. The van der Waals surface area contributed by atoms with Crippen LogP contribution in [0.25, 0.3) is 16.7 Å². The number of carbonyl (C=O) groups excluding carboxylic acids is 1. The van der Waals surface area contributed by atoms with Crippen LogP contribution in [0, 0.1) is 0 Å². The van der Waals surface area contributed by atoms with Crippen LogP contribution in [0.3, 0.4) is 0 Å². The fourth-order valence-corrected chi connectivity index (χ4v) is 4.10. The van der Waals surface area contributed by atoms with E-state index in [0.717, 1.165) is 16.2 Å². The lowest BCUT2D eigenvalue weighted by Crippen LogP contribution is -2.12. The lowest BCUT2D eigenvalue weighted by Gasteiger charge is -2.07. The first-order valence-corrected chi connectivity index (χ1v) is 9.44. The minimum Gasteiger partial charge on any atom is -0.507 e. The van der Waals surface area contributed by atoms with Crippen molar-refractivity contribution >= 4 is 44.4 Å². The molecule has 3 aromatic rings. The van der Waals surface area contributed by atoms with Crippen LogP contribution in [0.15, 0.2) is 65.7 Å². The van der Waals surface area contributed by atoms with E-state index in [1.54, 1.807) is 6.07 Å². The van der Waals surface area contributed by atoms with Gasteiger partial charge in [0.05, 0.1) is 16.0 Å². The SMILES string of the molecule is O=C(O)C(=O)C=C(O)c1cn(S(=O)(=O)c2ccccc2)c2ccc(C(=O)O)cc12. The second-order valence-electron chi connectivity index (χ2n) is 5.89. The molecule has 1 heterocycles. The van der Waals surface area contributed by atoms with E-state index in [1.165, 1.54) is 36.4 Å². The largest absolute Gasteiger partial charge is 0.507 e. The number of carbonyl (C=O) groups is 3. The first-order valence-electron chi connectivity index (χ1n) is 8.00. The van der Waals surface area contributed by atoms with E-state index in [9.17, 15) is 33.0 Å². The first-order chi connectivity index (χ1) is 13.6. The summed E-state index contributed by atoms with van der Waals surface area (Å²) in [6.45, 7) is 0. The number of hydrogen-bond donors (Lipinski definition) is 3. The van der Waals surface area contributed by atoms with Gasteiger partial charge in [-0.05, 0) is 30.3 Å². The summed E-state index contributed by atoms with van der Waals surface area (Å²) in [6, 6.07) is 10.9. The molecule has 29 heavy (non-hydrogen) atoms. The van der Waals surface area contributed by atoms with Gasteiger partial charge in [-0.2, -0.15) is 0 Å². The molecule has 0 aliphatic heterocycles. The standard InChI is InChI=1S/C19H13NO8S/c21-16(9-17(22)19(25)26)14-10-20(29(27,28)12-4-2-1-3-5-12)15-7-6-11(18(23)24)8-13(14)15/h1-10,21H,(H,23,24)(H,25,26). The third kappa shape index (κ3) is 3.60. The molecule has 0 saturated heterocycles. The van der Waals surface area contributed by atoms with E-state index in [-0.39, 0.29) is 26.9 Å². The number of aliphatic carboxylic acids is 1. The molecule has 0 fully saturated rings. The van der Waals surface area contributed by atoms with Gasteiger partial charge in [-0.1, -0.05) is 18.2 Å². The molecule has 148 valence electrons. The predicted molar refractivity (Wildman–Crippen MR) is 101 cm³/mol. The summed E-state index contributed by atoms with van der Waals surface area (Å²) >= 11 is 0. The molecular weight excluding hydrogens is 402 g/mol. The maximum absolute atomic E-state index is 13.0. The quantitative estimate of drug-likeness (QED) is 0.315. The monoisotopic (exact) mass is 415 g/mol. The van der Waals surface area contributed by atoms with Gasteiger partial charge in [-0.25, -0.2) is 22.0 Å². The van der Waals surface area contributed by atoms with Crippen molar-refractivity contribution in [3.05, 3.63) is 71.9 Å². The van der Waals surface area contributed by atoms with E-state index in [2.05, 4.69) is 0 Å². The van der Waals surface area contributed by atoms with E-state index >= 15 is 0 Å². The van der Waals surface area contributed by atoms with E-state index in [1.807, 2.05) is 0 Å². The molecular formula is C19H13NO8S. The van der Waals surface area contributed by atoms with Crippen molar-refractivity contribution in [2.45, 2.75) is 4.90 Å². The molecule has 3 N–H and O–H groups in total. The van der Waals surface area contributed by atoms with Crippen molar-refractivity contribution in [3.8, 4) is 0 Å². The minimum absolute atomic E-state index is 0.0105. The lowest BCUT2D eigenvalue weighted by atomic mass is 10.1. The molecule has 9 nitrogen and oxygen atoms in total. The first kappa shape index (κ1) is 19.8. The van der Waals surface area contributed by atoms with Crippen molar-refractivity contribution in [3.63, 3.8) is 0 Å². The van der Waals surface area contributed by atoms with Gasteiger partial charge in [-0.15, -0.1) is 0 Å². The molecule has 0 amide bonds. The Morgan fingerprint density at radius 3 is 2.17 bits per heavy atom. The number of benzene rings is 2. The van der Waals surface area contributed by atoms with Gasteiger partial charge < -0.3 is 15.3 Å². The number of aromatic nitrogens is 1. The zero-order chi connectivity index (χ0) is 21.3. The molecule has 0 bridgehead atoms. The molecule has 0 atom stereocenters. The molecule has 1 aromatic heterocycles. The maximum atomic E-state index is 13.0. The third-order valence-corrected chi connectivity index (χ3v) is 5.76. The molecule has 0 radical (unpaired) electrons. The lowest BCUT2D eigenvalue weighted by molar-refractivity contribution is -0.146. The summed E-state index contributed by atoms with van der Waals surface area (Å²) < 4.78 is 26.9. The topological polar surface area (TPSA) is 151 Å². The number of hydrogen-bond acceptors (Lipinski definition) is 6. The van der Waals surface area contributed by atoms with E-state index in [4.69, 9.17) is 5.11 Å². The molecule has 10 heteroatoms. The normalized spacial score (nSPS) is 12.1. The van der Waals surface area contributed by atoms with Crippen molar-refractivity contribution in [2.24, 2.45) is 0 Å². The number of aromatic carboxylic acids is 1. The van der Waals surface area contributed by atoms with Gasteiger partial charge in [0.1, 0.15) is 5.76 Å². The Kier molecular flexibility index (Phi) is 4.95. The number of carboxylic acids is 2. The average molecular weight is 415 g/mol.